The summed E-state index contributed by atoms with van der Waals surface area (Å²) in [7, 11) is 0. The number of carbonyl (C=O) groups is 2. The molecule has 0 saturated heterocycles. The van der Waals surface area contributed by atoms with Crippen LogP contribution in [0.2, 0.25) is 0 Å². The maximum Gasteiger partial charge on any atom is 0.490 e. The summed E-state index contributed by atoms with van der Waals surface area (Å²) < 4.78 is 63.5. The van der Waals surface area contributed by atoms with E-state index in [2.05, 4.69) is 42.7 Å². The molecule has 16 heteroatoms. The zero-order valence-corrected chi connectivity index (χ0v) is 21.6. The number of anilines is 2. The highest BCUT2D eigenvalue weighted by atomic mass is 19.4. The zero-order chi connectivity index (χ0) is 30.9. The van der Waals surface area contributed by atoms with Gasteiger partial charge in [-0.15, -0.1) is 0 Å². The highest BCUT2D eigenvalue weighted by Crippen LogP contribution is 2.24. The molecule has 6 heterocycles. The van der Waals surface area contributed by atoms with Crippen molar-refractivity contribution < 1.29 is 46.1 Å². The van der Waals surface area contributed by atoms with Crippen molar-refractivity contribution >= 4 is 45.4 Å². The number of halogens is 6. The number of nitrogens with one attached hydrogen (secondary N) is 2. The first-order chi connectivity index (χ1) is 19.8. The standard InChI is InChI=1S/2C11H11N3.2C2HF3O2/c2*1-2-8-6-9-7-12-5-3-10(9)14-11(8)13-4-1;2*3-2(4,5)1(6)7/h2*3,5-7H,1-2,4H2,(H,13,14);2*(H,6,7). The van der Waals surface area contributed by atoms with E-state index in [-0.39, 0.29) is 0 Å². The average molecular weight is 599 g/mol. The third-order valence-electron chi connectivity index (χ3n) is 5.70. The highest BCUT2D eigenvalue weighted by molar-refractivity contribution is 5.81. The first-order valence-corrected chi connectivity index (χ1v) is 12.3. The highest BCUT2D eigenvalue weighted by Gasteiger charge is 2.38. The van der Waals surface area contributed by atoms with Crippen LogP contribution in [0.15, 0.2) is 49.1 Å². The number of nitrogens with zero attached hydrogens (tertiary/aromatic N) is 4. The number of aryl methyl sites for hydroxylation is 2. The molecule has 224 valence electrons. The van der Waals surface area contributed by atoms with Crippen molar-refractivity contribution in [1.82, 2.24) is 19.9 Å². The van der Waals surface area contributed by atoms with Crippen molar-refractivity contribution in [1.29, 1.82) is 0 Å². The summed E-state index contributed by atoms with van der Waals surface area (Å²) in [6.45, 7) is 2.08. The Bertz CT molecular complexity index is 1340. The monoisotopic (exact) mass is 598 g/mol. The normalized spacial score (nSPS) is 13.7. The van der Waals surface area contributed by atoms with Gasteiger partial charge in [0.25, 0.3) is 0 Å². The van der Waals surface area contributed by atoms with Crippen molar-refractivity contribution in [2.24, 2.45) is 0 Å². The van der Waals surface area contributed by atoms with Gasteiger partial charge >= 0.3 is 24.3 Å². The maximum atomic E-state index is 10.6. The Morgan fingerprint density at radius 3 is 1.38 bits per heavy atom. The third kappa shape index (κ3) is 9.14. The lowest BCUT2D eigenvalue weighted by Crippen LogP contribution is -2.21. The fourth-order valence-corrected chi connectivity index (χ4v) is 3.78. The van der Waals surface area contributed by atoms with Crippen molar-refractivity contribution in [2.75, 3.05) is 23.7 Å². The summed E-state index contributed by atoms with van der Waals surface area (Å²) >= 11 is 0. The lowest BCUT2D eigenvalue weighted by molar-refractivity contribution is -0.193. The average Bonchev–Trinajstić information content (AvgIpc) is 2.95. The molecule has 0 fully saturated rings. The summed E-state index contributed by atoms with van der Waals surface area (Å²) in [6.07, 6.45) is 1.78. The number of hydrogen-bond acceptors (Lipinski definition) is 8. The molecular weight excluding hydrogens is 574 g/mol. The Labute approximate surface area is 233 Å². The first-order valence-electron chi connectivity index (χ1n) is 12.3. The number of pyridine rings is 4. The first kappa shape index (κ1) is 31.8. The molecule has 0 saturated carbocycles. The molecule has 4 aromatic rings. The van der Waals surface area contributed by atoms with Crippen LogP contribution >= 0.6 is 0 Å². The largest absolute Gasteiger partial charge is 0.490 e. The molecule has 0 aromatic carbocycles. The topological polar surface area (TPSA) is 150 Å². The molecule has 0 atom stereocenters. The van der Waals surface area contributed by atoms with Gasteiger partial charge < -0.3 is 20.8 Å². The smallest absolute Gasteiger partial charge is 0.475 e. The predicted octanol–water partition coefficient (Wildman–Crippen LogP) is 5.24. The van der Waals surface area contributed by atoms with E-state index in [4.69, 9.17) is 19.8 Å². The van der Waals surface area contributed by atoms with Gasteiger partial charge in [-0.2, -0.15) is 26.3 Å². The molecule has 0 unspecified atom stereocenters. The van der Waals surface area contributed by atoms with Gasteiger partial charge in [0.1, 0.15) is 11.6 Å². The molecule has 6 rings (SSSR count). The number of aromatic nitrogens is 4. The Hall–Kier alpha value is -4.76. The SMILES string of the molecule is O=C(O)C(F)(F)F.O=C(O)C(F)(F)F.c1cc2nc3c(cc2cn1)CCCN3.c1cc2nc3c(cc2cn1)CCCN3. The van der Waals surface area contributed by atoms with Crippen LogP contribution in [0.5, 0.6) is 0 Å². The van der Waals surface area contributed by atoms with Crippen LogP contribution in [0.4, 0.5) is 38.0 Å². The number of carboxylic acid groups (broad SMARTS) is 2. The van der Waals surface area contributed by atoms with Crippen LogP contribution in [-0.2, 0) is 22.4 Å². The van der Waals surface area contributed by atoms with Crippen molar-refractivity contribution in [3.05, 3.63) is 60.2 Å². The van der Waals surface area contributed by atoms with Crippen LogP contribution in [0.25, 0.3) is 21.8 Å². The molecule has 4 N–H and O–H groups in total. The molecule has 0 spiro atoms. The second-order valence-electron chi connectivity index (χ2n) is 8.80. The van der Waals surface area contributed by atoms with Crippen molar-refractivity contribution in [3.63, 3.8) is 0 Å². The fourth-order valence-electron chi connectivity index (χ4n) is 3.78. The lowest BCUT2D eigenvalue weighted by Gasteiger charge is -2.17. The molecule has 10 nitrogen and oxygen atoms in total. The molecule has 42 heavy (non-hydrogen) atoms. The minimum Gasteiger partial charge on any atom is -0.475 e. The molecule has 4 aromatic heterocycles. The van der Waals surface area contributed by atoms with Gasteiger partial charge in [-0.3, -0.25) is 9.97 Å². The predicted molar refractivity (Wildman–Crippen MR) is 140 cm³/mol. The molecule has 0 amide bonds. The van der Waals surface area contributed by atoms with Gasteiger partial charge in [0, 0.05) is 48.6 Å². The van der Waals surface area contributed by atoms with Crippen LogP contribution in [-0.4, -0.2) is 67.5 Å². The van der Waals surface area contributed by atoms with Gasteiger partial charge in [-0.1, -0.05) is 0 Å². The van der Waals surface area contributed by atoms with Gasteiger partial charge in [-0.25, -0.2) is 19.6 Å². The number of aliphatic carboxylic acids is 2. The minimum absolute atomic E-state index is 1.02. The fraction of sp³-hybridized carbons (Fsp3) is 0.308. The lowest BCUT2D eigenvalue weighted by atomic mass is 10.1. The summed E-state index contributed by atoms with van der Waals surface area (Å²) in [5.74, 6) is -3.41. The Balaban J connectivity index is 0.000000163. The summed E-state index contributed by atoms with van der Waals surface area (Å²) in [5.41, 5.74) is 4.68. The van der Waals surface area contributed by atoms with Crippen molar-refractivity contribution in [2.45, 2.75) is 38.0 Å². The quantitative estimate of drug-likeness (QED) is 0.198. The van der Waals surface area contributed by atoms with E-state index in [9.17, 15) is 26.3 Å². The molecular formula is C26H24F6N6O4. The van der Waals surface area contributed by atoms with E-state index in [1.165, 1.54) is 24.0 Å². The third-order valence-corrected chi connectivity index (χ3v) is 5.70. The summed E-state index contributed by atoms with van der Waals surface area (Å²) in [6, 6.07) is 8.28. The Kier molecular flexibility index (Phi) is 10.4. The molecule has 0 radical (unpaired) electrons. The van der Waals surface area contributed by atoms with E-state index in [0.717, 1.165) is 59.4 Å². The minimum atomic E-state index is -5.08. The van der Waals surface area contributed by atoms with Crippen molar-refractivity contribution in [3.8, 4) is 0 Å². The van der Waals surface area contributed by atoms with Crippen LogP contribution < -0.4 is 10.6 Å². The Morgan fingerprint density at radius 1 is 0.690 bits per heavy atom. The van der Waals surface area contributed by atoms with E-state index in [0.29, 0.717) is 0 Å². The van der Waals surface area contributed by atoms with Gasteiger partial charge in [-0.05, 0) is 61.1 Å². The van der Waals surface area contributed by atoms with Gasteiger partial charge in [0.05, 0.1) is 11.0 Å². The van der Waals surface area contributed by atoms with Crippen LogP contribution in [0.3, 0.4) is 0 Å². The van der Waals surface area contributed by atoms with Gasteiger partial charge in [0.2, 0.25) is 0 Å². The van der Waals surface area contributed by atoms with E-state index >= 15 is 0 Å². The second-order valence-corrected chi connectivity index (χ2v) is 8.80. The molecule has 0 aliphatic carbocycles. The number of hydrogen-bond donors (Lipinski definition) is 4. The zero-order valence-electron chi connectivity index (χ0n) is 21.6. The second kappa shape index (κ2) is 13.7. The van der Waals surface area contributed by atoms with E-state index in [1.54, 1.807) is 12.4 Å². The van der Waals surface area contributed by atoms with Gasteiger partial charge in [0.15, 0.2) is 0 Å². The van der Waals surface area contributed by atoms with E-state index in [1.807, 2.05) is 24.5 Å². The summed E-state index contributed by atoms with van der Waals surface area (Å²) in [5, 5.41) is 23.2. The molecule has 2 aliphatic heterocycles. The molecule has 2 aliphatic rings. The molecule has 0 bridgehead atoms. The number of fused-ring (bicyclic) bond motifs is 4. The van der Waals surface area contributed by atoms with Crippen LogP contribution in [0, 0.1) is 0 Å². The summed E-state index contributed by atoms with van der Waals surface area (Å²) in [4.78, 5) is 35.1. The Morgan fingerprint density at radius 2 is 1.05 bits per heavy atom. The number of rotatable bonds is 0. The van der Waals surface area contributed by atoms with E-state index < -0.39 is 24.3 Å². The maximum absolute atomic E-state index is 10.6. The number of alkyl halides is 6. The number of carboxylic acids is 2. The van der Waals surface area contributed by atoms with Crippen LogP contribution in [0.1, 0.15) is 24.0 Å².